The minimum atomic E-state index is -4.48. The summed E-state index contributed by atoms with van der Waals surface area (Å²) in [6, 6.07) is 9.90. The second-order valence-corrected chi connectivity index (χ2v) is 11.0. The molecule has 2 fully saturated rings. The maximum atomic E-state index is 13.5. The first kappa shape index (κ1) is 25.7. The highest BCUT2D eigenvalue weighted by atomic mass is 32.2. The summed E-state index contributed by atoms with van der Waals surface area (Å²) in [5.74, 6) is -0.576. The fraction of sp³-hybridized carbons (Fsp3) is 0.480. The Balaban J connectivity index is 1.43. The van der Waals surface area contributed by atoms with Gasteiger partial charge in [-0.1, -0.05) is 6.92 Å². The molecule has 0 radical (unpaired) electrons. The minimum absolute atomic E-state index is 0.0142. The zero-order chi connectivity index (χ0) is 25.2. The Hall–Kier alpha value is -2.43. The highest BCUT2D eigenvalue weighted by Gasteiger charge is 2.43. The van der Waals surface area contributed by atoms with Crippen LogP contribution in [0.3, 0.4) is 0 Å². The standard InChI is InChI=1S/C25H30F3N3O3S/c1-2-15-30-16-13-22(14-17-30)31(21-9-10-21)35(33,34)23-11-7-20(8-12-23)29-24(32)18-3-5-19(6-4-18)25(26,27)28/h3-8,11-12,21-22H,2,9-10,13-17H2,1H3,(H,29,32). The maximum absolute atomic E-state index is 13.5. The summed E-state index contributed by atoms with van der Waals surface area (Å²) in [7, 11) is -3.69. The lowest BCUT2D eigenvalue weighted by Crippen LogP contribution is -2.48. The lowest BCUT2D eigenvalue weighted by Gasteiger charge is -2.38. The molecule has 1 heterocycles. The Morgan fingerprint density at radius 1 is 0.971 bits per heavy atom. The third-order valence-corrected chi connectivity index (χ3v) is 8.54. The van der Waals surface area contributed by atoms with E-state index in [1.54, 1.807) is 4.31 Å². The zero-order valence-electron chi connectivity index (χ0n) is 19.6. The van der Waals surface area contributed by atoms with Crippen LogP contribution in [0.1, 0.15) is 54.9 Å². The van der Waals surface area contributed by atoms with Crippen molar-refractivity contribution in [2.45, 2.75) is 62.2 Å². The number of carbonyl (C=O) groups is 1. The van der Waals surface area contributed by atoms with Gasteiger partial charge in [0, 0.05) is 23.3 Å². The van der Waals surface area contributed by atoms with Crippen LogP contribution in [0.25, 0.3) is 0 Å². The first-order valence-electron chi connectivity index (χ1n) is 11.9. The molecule has 1 saturated heterocycles. The number of rotatable bonds is 8. The Labute approximate surface area is 204 Å². The number of amides is 1. The summed E-state index contributed by atoms with van der Waals surface area (Å²) in [5.41, 5.74) is -0.399. The van der Waals surface area contributed by atoms with Crippen molar-refractivity contribution in [1.29, 1.82) is 0 Å². The molecule has 10 heteroatoms. The van der Waals surface area contributed by atoms with Crippen LogP contribution in [-0.2, 0) is 16.2 Å². The SMILES string of the molecule is CCCN1CCC(N(C2CC2)S(=O)(=O)c2ccc(NC(=O)c3ccc(C(F)(F)F)cc3)cc2)CC1. The van der Waals surface area contributed by atoms with Gasteiger partial charge in [0.05, 0.1) is 10.5 Å². The van der Waals surface area contributed by atoms with E-state index >= 15 is 0 Å². The monoisotopic (exact) mass is 509 g/mol. The molecule has 1 amide bonds. The van der Waals surface area contributed by atoms with Gasteiger partial charge in [-0.05, 0) is 100 Å². The maximum Gasteiger partial charge on any atom is 0.416 e. The van der Waals surface area contributed by atoms with Gasteiger partial charge in [-0.3, -0.25) is 4.79 Å². The summed E-state index contributed by atoms with van der Waals surface area (Å²) in [6.45, 7) is 4.96. The van der Waals surface area contributed by atoms with Crippen molar-refractivity contribution in [3.8, 4) is 0 Å². The Morgan fingerprint density at radius 2 is 1.54 bits per heavy atom. The molecule has 0 unspecified atom stereocenters. The summed E-state index contributed by atoms with van der Waals surface area (Å²) < 4.78 is 66.9. The van der Waals surface area contributed by atoms with Crippen LogP contribution < -0.4 is 5.32 Å². The molecular formula is C25H30F3N3O3S. The first-order chi connectivity index (χ1) is 16.6. The summed E-state index contributed by atoms with van der Waals surface area (Å²) >= 11 is 0. The number of piperidine rings is 1. The quantitative estimate of drug-likeness (QED) is 0.545. The molecule has 0 atom stereocenters. The van der Waals surface area contributed by atoms with Gasteiger partial charge >= 0.3 is 6.18 Å². The molecule has 6 nitrogen and oxygen atoms in total. The molecule has 0 aromatic heterocycles. The number of carbonyl (C=O) groups excluding carboxylic acids is 1. The fourth-order valence-electron chi connectivity index (χ4n) is 4.58. The van der Waals surface area contributed by atoms with Crippen LogP contribution in [0.4, 0.5) is 18.9 Å². The second kappa shape index (κ2) is 10.3. The van der Waals surface area contributed by atoms with Crippen molar-refractivity contribution in [3.63, 3.8) is 0 Å². The van der Waals surface area contributed by atoms with E-state index in [-0.39, 0.29) is 22.5 Å². The van der Waals surface area contributed by atoms with Gasteiger partial charge in [0.15, 0.2) is 0 Å². The topological polar surface area (TPSA) is 69.7 Å². The molecule has 1 N–H and O–H groups in total. The number of nitrogens with one attached hydrogen (secondary N) is 1. The number of halogens is 3. The van der Waals surface area contributed by atoms with Crippen LogP contribution in [-0.4, -0.2) is 55.2 Å². The van der Waals surface area contributed by atoms with Gasteiger partial charge in [0.2, 0.25) is 10.0 Å². The smallest absolute Gasteiger partial charge is 0.322 e. The number of alkyl halides is 3. The Morgan fingerprint density at radius 3 is 2.06 bits per heavy atom. The molecule has 0 bridgehead atoms. The summed E-state index contributed by atoms with van der Waals surface area (Å²) in [5, 5.41) is 2.61. The van der Waals surface area contributed by atoms with Gasteiger partial charge < -0.3 is 10.2 Å². The number of nitrogens with zero attached hydrogens (tertiary/aromatic N) is 2. The van der Waals surface area contributed by atoms with Crippen molar-refractivity contribution in [1.82, 2.24) is 9.21 Å². The minimum Gasteiger partial charge on any atom is -0.322 e. The first-order valence-corrected chi connectivity index (χ1v) is 13.4. The number of hydrogen-bond acceptors (Lipinski definition) is 4. The number of anilines is 1. The highest BCUT2D eigenvalue weighted by Crippen LogP contribution is 2.37. The highest BCUT2D eigenvalue weighted by molar-refractivity contribution is 7.89. The van der Waals surface area contributed by atoms with E-state index in [4.69, 9.17) is 0 Å². The molecule has 4 rings (SSSR count). The van der Waals surface area contributed by atoms with Crippen molar-refractivity contribution < 1.29 is 26.4 Å². The van der Waals surface area contributed by atoms with Gasteiger partial charge in [-0.2, -0.15) is 17.5 Å². The summed E-state index contributed by atoms with van der Waals surface area (Å²) in [6.07, 6.45) is -0.0202. The van der Waals surface area contributed by atoms with Crippen LogP contribution >= 0.6 is 0 Å². The van der Waals surface area contributed by atoms with E-state index in [1.165, 1.54) is 24.3 Å². The number of hydrogen-bond donors (Lipinski definition) is 1. The molecule has 2 aromatic carbocycles. The van der Waals surface area contributed by atoms with Crippen molar-refractivity contribution in [3.05, 3.63) is 59.7 Å². The molecule has 2 aromatic rings. The molecule has 1 aliphatic carbocycles. The summed E-state index contributed by atoms with van der Waals surface area (Å²) in [4.78, 5) is 15.0. The van der Waals surface area contributed by atoms with Crippen LogP contribution in [0.5, 0.6) is 0 Å². The zero-order valence-corrected chi connectivity index (χ0v) is 20.4. The van der Waals surface area contributed by atoms with Crippen molar-refractivity contribution >= 4 is 21.6 Å². The van der Waals surface area contributed by atoms with Crippen LogP contribution in [0, 0.1) is 0 Å². The Kier molecular flexibility index (Phi) is 7.54. The van der Waals surface area contributed by atoms with Gasteiger partial charge in [0.1, 0.15) is 0 Å². The lowest BCUT2D eigenvalue weighted by molar-refractivity contribution is -0.137. The number of likely N-dealkylation sites (tertiary alicyclic amines) is 1. The largest absolute Gasteiger partial charge is 0.416 e. The molecule has 1 aliphatic heterocycles. The molecule has 1 saturated carbocycles. The van der Waals surface area contributed by atoms with Gasteiger partial charge in [-0.25, -0.2) is 8.42 Å². The lowest BCUT2D eigenvalue weighted by atomic mass is 10.0. The van der Waals surface area contributed by atoms with Gasteiger partial charge in [0.25, 0.3) is 5.91 Å². The predicted molar refractivity (Wildman–Crippen MR) is 128 cm³/mol. The average Bonchev–Trinajstić information content (AvgIpc) is 3.65. The average molecular weight is 510 g/mol. The van der Waals surface area contributed by atoms with E-state index in [2.05, 4.69) is 17.1 Å². The molecule has 35 heavy (non-hydrogen) atoms. The van der Waals surface area contributed by atoms with Crippen LogP contribution in [0.2, 0.25) is 0 Å². The fourth-order valence-corrected chi connectivity index (χ4v) is 6.51. The third-order valence-electron chi connectivity index (χ3n) is 6.53. The molecule has 2 aliphatic rings. The Bertz CT molecular complexity index is 1120. The number of benzene rings is 2. The van der Waals surface area contributed by atoms with E-state index in [0.717, 1.165) is 76.0 Å². The second-order valence-electron chi connectivity index (χ2n) is 9.19. The number of sulfonamides is 1. The third kappa shape index (κ3) is 6.05. The van der Waals surface area contributed by atoms with Gasteiger partial charge in [-0.15, -0.1) is 0 Å². The molecule has 0 spiro atoms. The van der Waals surface area contributed by atoms with E-state index in [1.807, 2.05) is 0 Å². The van der Waals surface area contributed by atoms with Crippen LogP contribution in [0.15, 0.2) is 53.4 Å². The van der Waals surface area contributed by atoms with E-state index < -0.39 is 27.7 Å². The van der Waals surface area contributed by atoms with Crippen molar-refractivity contribution in [2.75, 3.05) is 25.0 Å². The van der Waals surface area contributed by atoms with E-state index in [9.17, 15) is 26.4 Å². The molecule has 190 valence electrons. The normalized spacial score (nSPS) is 18.1. The van der Waals surface area contributed by atoms with Crippen molar-refractivity contribution in [2.24, 2.45) is 0 Å². The van der Waals surface area contributed by atoms with E-state index in [0.29, 0.717) is 5.69 Å². The molecular weight excluding hydrogens is 479 g/mol. The predicted octanol–water partition coefficient (Wildman–Crippen LogP) is 4.99.